The van der Waals surface area contributed by atoms with E-state index in [0.29, 0.717) is 31.7 Å². The van der Waals surface area contributed by atoms with Crippen LogP contribution in [0.15, 0.2) is 16.7 Å². The first-order chi connectivity index (χ1) is 11.0. The van der Waals surface area contributed by atoms with Gasteiger partial charge in [-0.1, -0.05) is 17.3 Å². The highest BCUT2D eigenvalue weighted by molar-refractivity contribution is 5.80. The number of hydrogen-bond donors (Lipinski definition) is 0. The summed E-state index contributed by atoms with van der Waals surface area (Å²) in [5, 5.41) is 3.78. The predicted octanol–water partition coefficient (Wildman–Crippen LogP) is 2.13. The van der Waals surface area contributed by atoms with E-state index in [2.05, 4.69) is 10.1 Å². The van der Waals surface area contributed by atoms with Crippen molar-refractivity contribution in [1.82, 2.24) is 15.0 Å². The fourth-order valence-corrected chi connectivity index (χ4v) is 3.02. The van der Waals surface area contributed by atoms with E-state index in [1.807, 2.05) is 12.2 Å². The Bertz CT molecular complexity index is 595. The van der Waals surface area contributed by atoms with Gasteiger partial charge in [-0.25, -0.2) is 8.78 Å². The molecule has 2 heterocycles. The number of carbonyl (C=O) groups excluding carboxylic acids is 1. The summed E-state index contributed by atoms with van der Waals surface area (Å²) in [6, 6.07) is -0.859. The molecule has 1 aromatic rings. The molecule has 0 bridgehead atoms. The van der Waals surface area contributed by atoms with E-state index in [-0.39, 0.29) is 17.7 Å². The molecule has 3 rings (SSSR count). The lowest BCUT2D eigenvalue weighted by Gasteiger charge is -2.24. The SMILES string of the molecule is COCCc1noc([C@@H]2CC(F)(F)CN2C(=O)C2CC=CC2)n1. The highest BCUT2D eigenvalue weighted by Gasteiger charge is 2.50. The molecule has 1 aliphatic carbocycles. The van der Waals surface area contributed by atoms with E-state index in [0.717, 1.165) is 0 Å². The van der Waals surface area contributed by atoms with Crippen molar-refractivity contribution < 1.29 is 22.8 Å². The largest absolute Gasteiger partial charge is 0.384 e. The summed E-state index contributed by atoms with van der Waals surface area (Å²) in [5.41, 5.74) is 0. The zero-order valence-electron chi connectivity index (χ0n) is 12.9. The van der Waals surface area contributed by atoms with Crippen molar-refractivity contribution >= 4 is 5.91 Å². The Hall–Kier alpha value is -1.83. The van der Waals surface area contributed by atoms with Crippen LogP contribution in [0.3, 0.4) is 0 Å². The molecule has 126 valence electrons. The molecule has 0 unspecified atom stereocenters. The van der Waals surface area contributed by atoms with E-state index in [1.54, 1.807) is 7.11 Å². The lowest BCUT2D eigenvalue weighted by molar-refractivity contribution is -0.137. The molecule has 0 saturated carbocycles. The lowest BCUT2D eigenvalue weighted by atomic mass is 10.1. The van der Waals surface area contributed by atoms with Gasteiger partial charge in [0.25, 0.3) is 5.92 Å². The molecule has 2 aliphatic rings. The third-order valence-corrected chi connectivity index (χ3v) is 4.21. The van der Waals surface area contributed by atoms with Gasteiger partial charge in [0.15, 0.2) is 5.82 Å². The molecule has 1 amide bonds. The van der Waals surface area contributed by atoms with Gasteiger partial charge in [0.2, 0.25) is 11.8 Å². The Morgan fingerprint density at radius 1 is 1.48 bits per heavy atom. The smallest absolute Gasteiger partial charge is 0.267 e. The molecular weight excluding hydrogens is 308 g/mol. The first kappa shape index (κ1) is 16.0. The number of halogens is 2. The van der Waals surface area contributed by atoms with E-state index in [4.69, 9.17) is 9.26 Å². The second kappa shape index (κ2) is 6.35. The van der Waals surface area contributed by atoms with Gasteiger partial charge in [0, 0.05) is 25.9 Å². The van der Waals surface area contributed by atoms with Gasteiger partial charge in [-0.3, -0.25) is 4.79 Å². The second-order valence-electron chi connectivity index (χ2n) is 5.97. The number of alkyl halides is 2. The van der Waals surface area contributed by atoms with Crippen LogP contribution in [-0.4, -0.2) is 47.1 Å². The van der Waals surface area contributed by atoms with Gasteiger partial charge in [0.05, 0.1) is 13.2 Å². The number of likely N-dealkylation sites (tertiary alicyclic amines) is 1. The summed E-state index contributed by atoms with van der Waals surface area (Å²) < 4.78 is 37.8. The maximum absolute atomic E-state index is 13.9. The summed E-state index contributed by atoms with van der Waals surface area (Å²) >= 11 is 0. The summed E-state index contributed by atoms with van der Waals surface area (Å²) in [7, 11) is 1.55. The van der Waals surface area contributed by atoms with Gasteiger partial charge in [-0.05, 0) is 12.8 Å². The van der Waals surface area contributed by atoms with Crippen molar-refractivity contribution in [3.63, 3.8) is 0 Å². The Morgan fingerprint density at radius 2 is 2.22 bits per heavy atom. The zero-order chi connectivity index (χ0) is 16.4. The molecule has 1 fully saturated rings. The summed E-state index contributed by atoms with van der Waals surface area (Å²) in [6.45, 7) is -0.182. The van der Waals surface area contributed by atoms with Gasteiger partial charge in [-0.2, -0.15) is 4.98 Å². The van der Waals surface area contributed by atoms with Crippen LogP contribution in [0.25, 0.3) is 0 Å². The molecule has 0 spiro atoms. The van der Waals surface area contributed by atoms with Crippen LogP contribution in [0.1, 0.15) is 37.0 Å². The number of allylic oxidation sites excluding steroid dienone is 2. The molecule has 0 aromatic carbocycles. The van der Waals surface area contributed by atoms with Crippen molar-refractivity contribution in [2.45, 2.75) is 37.6 Å². The van der Waals surface area contributed by atoms with Crippen LogP contribution in [0.4, 0.5) is 8.78 Å². The highest BCUT2D eigenvalue weighted by Crippen LogP contribution is 2.42. The zero-order valence-corrected chi connectivity index (χ0v) is 12.9. The predicted molar refractivity (Wildman–Crippen MR) is 75.8 cm³/mol. The number of aromatic nitrogens is 2. The minimum atomic E-state index is -2.94. The maximum Gasteiger partial charge on any atom is 0.267 e. The van der Waals surface area contributed by atoms with Gasteiger partial charge >= 0.3 is 0 Å². The first-order valence-corrected chi connectivity index (χ1v) is 7.65. The highest BCUT2D eigenvalue weighted by atomic mass is 19.3. The van der Waals surface area contributed by atoms with E-state index in [9.17, 15) is 13.6 Å². The molecule has 1 aromatic heterocycles. The normalized spacial score (nSPS) is 23.8. The van der Waals surface area contributed by atoms with Crippen molar-refractivity contribution in [2.24, 2.45) is 5.92 Å². The molecule has 1 saturated heterocycles. The van der Waals surface area contributed by atoms with Crippen LogP contribution in [-0.2, 0) is 16.0 Å². The average molecular weight is 327 g/mol. The van der Waals surface area contributed by atoms with Crippen molar-refractivity contribution in [3.05, 3.63) is 23.9 Å². The third kappa shape index (κ3) is 3.41. The second-order valence-corrected chi connectivity index (χ2v) is 5.97. The van der Waals surface area contributed by atoms with Crippen LogP contribution in [0.2, 0.25) is 0 Å². The van der Waals surface area contributed by atoms with Gasteiger partial charge < -0.3 is 14.2 Å². The van der Waals surface area contributed by atoms with Gasteiger partial charge in [0.1, 0.15) is 6.04 Å². The molecule has 6 nitrogen and oxygen atoms in total. The molecule has 0 radical (unpaired) electrons. The molecule has 1 atom stereocenters. The van der Waals surface area contributed by atoms with Crippen LogP contribution in [0, 0.1) is 5.92 Å². The van der Waals surface area contributed by atoms with E-state index >= 15 is 0 Å². The summed E-state index contributed by atoms with van der Waals surface area (Å²) in [4.78, 5) is 17.9. The first-order valence-electron chi connectivity index (χ1n) is 7.65. The number of nitrogens with zero attached hydrogens (tertiary/aromatic N) is 3. The Morgan fingerprint density at radius 3 is 2.91 bits per heavy atom. The van der Waals surface area contributed by atoms with Crippen molar-refractivity contribution in [3.8, 4) is 0 Å². The maximum atomic E-state index is 13.9. The number of methoxy groups -OCH3 is 1. The molecule has 23 heavy (non-hydrogen) atoms. The number of carbonyl (C=O) groups is 1. The number of ether oxygens (including phenoxy) is 1. The molecule has 0 N–H and O–H groups in total. The van der Waals surface area contributed by atoms with Crippen LogP contribution >= 0.6 is 0 Å². The van der Waals surface area contributed by atoms with Crippen LogP contribution in [0.5, 0.6) is 0 Å². The van der Waals surface area contributed by atoms with E-state index in [1.165, 1.54) is 4.90 Å². The van der Waals surface area contributed by atoms with Gasteiger partial charge in [-0.15, -0.1) is 0 Å². The molecule has 1 aliphatic heterocycles. The standard InChI is InChI=1S/C15H19F2N3O3/c1-22-7-6-12-18-13(23-19-12)11-8-15(16,17)9-20(11)14(21)10-4-2-3-5-10/h2-3,10-11H,4-9H2,1H3/t11-/m0/s1. The Balaban J connectivity index is 1.77. The van der Waals surface area contributed by atoms with Crippen molar-refractivity contribution in [1.29, 1.82) is 0 Å². The minimum absolute atomic E-state index is 0.0765. The molecule has 8 heteroatoms. The Kier molecular flexibility index (Phi) is 4.43. The number of amides is 1. The number of hydrogen-bond acceptors (Lipinski definition) is 5. The van der Waals surface area contributed by atoms with Crippen LogP contribution < -0.4 is 0 Å². The fraction of sp³-hybridized carbons (Fsp3) is 0.667. The average Bonchev–Trinajstić information content (AvgIpc) is 3.23. The van der Waals surface area contributed by atoms with E-state index < -0.39 is 24.9 Å². The van der Waals surface area contributed by atoms with Crippen molar-refractivity contribution in [2.75, 3.05) is 20.3 Å². The third-order valence-electron chi connectivity index (χ3n) is 4.21. The minimum Gasteiger partial charge on any atom is -0.384 e. The monoisotopic (exact) mass is 327 g/mol. The molecular formula is C15H19F2N3O3. The topological polar surface area (TPSA) is 68.5 Å². The summed E-state index contributed by atoms with van der Waals surface area (Å²) in [5.74, 6) is -3.00. The summed E-state index contributed by atoms with van der Waals surface area (Å²) in [6.07, 6.45) is 4.95. The Labute approximate surface area is 132 Å². The lowest BCUT2D eigenvalue weighted by Crippen LogP contribution is -2.37. The fourth-order valence-electron chi connectivity index (χ4n) is 3.02. The number of rotatable bonds is 5. The quantitative estimate of drug-likeness (QED) is 0.775.